The molecule has 0 aliphatic carbocycles. The lowest BCUT2D eigenvalue weighted by Gasteiger charge is -2.02. The van der Waals surface area contributed by atoms with Crippen molar-refractivity contribution in [2.24, 2.45) is 0 Å². The van der Waals surface area contributed by atoms with E-state index >= 15 is 0 Å². The fourth-order valence-electron chi connectivity index (χ4n) is 2.31. The molecule has 0 amide bonds. The predicted molar refractivity (Wildman–Crippen MR) is 88.5 cm³/mol. The second-order valence-electron chi connectivity index (χ2n) is 5.01. The number of aliphatic hydroxyl groups excluding tert-OH is 1. The monoisotopic (exact) mass is 333 g/mol. The van der Waals surface area contributed by atoms with Gasteiger partial charge in [-0.1, -0.05) is 23.7 Å². The van der Waals surface area contributed by atoms with Crippen LogP contribution in [0.4, 0.5) is 0 Å². The van der Waals surface area contributed by atoms with Gasteiger partial charge in [0, 0.05) is 17.9 Å². The van der Waals surface area contributed by atoms with Crippen LogP contribution in [0.15, 0.2) is 41.1 Å². The molecule has 0 spiro atoms. The zero-order valence-corrected chi connectivity index (χ0v) is 13.5. The minimum Gasteiger partial charge on any atom is -0.394 e. The van der Waals surface area contributed by atoms with Crippen molar-refractivity contribution in [2.45, 2.75) is 19.4 Å². The summed E-state index contributed by atoms with van der Waals surface area (Å²) in [6.07, 6.45) is 1.36. The highest BCUT2D eigenvalue weighted by Crippen LogP contribution is 2.15. The van der Waals surface area contributed by atoms with Crippen LogP contribution in [0.5, 0.6) is 0 Å². The van der Waals surface area contributed by atoms with Gasteiger partial charge < -0.3 is 5.11 Å². The van der Waals surface area contributed by atoms with Gasteiger partial charge in [0.25, 0.3) is 0 Å². The van der Waals surface area contributed by atoms with Crippen LogP contribution in [0.25, 0.3) is 0 Å². The third kappa shape index (κ3) is 3.74. The van der Waals surface area contributed by atoms with Gasteiger partial charge in [0.15, 0.2) is 5.82 Å². The lowest BCUT2D eigenvalue weighted by atomic mass is 10.1. The highest BCUT2D eigenvalue weighted by Gasteiger charge is 2.11. The predicted octanol–water partition coefficient (Wildman–Crippen LogP) is 3.17. The lowest BCUT2D eigenvalue weighted by Crippen LogP contribution is -2.09. The van der Waals surface area contributed by atoms with Gasteiger partial charge in [-0.2, -0.15) is 16.4 Å². The van der Waals surface area contributed by atoms with Crippen LogP contribution < -0.4 is 0 Å². The first kappa shape index (κ1) is 15.2. The quantitative estimate of drug-likeness (QED) is 0.753. The Bertz CT molecular complexity index is 740. The zero-order valence-electron chi connectivity index (χ0n) is 11.9. The Morgan fingerprint density at radius 3 is 2.82 bits per heavy atom. The van der Waals surface area contributed by atoms with Crippen LogP contribution in [-0.2, 0) is 19.4 Å². The molecule has 1 aromatic carbocycles. The van der Waals surface area contributed by atoms with Crippen LogP contribution in [0, 0.1) is 0 Å². The molecule has 6 heteroatoms. The van der Waals surface area contributed by atoms with E-state index in [1.165, 1.54) is 5.56 Å². The summed E-state index contributed by atoms with van der Waals surface area (Å²) in [6, 6.07) is 9.79. The summed E-state index contributed by atoms with van der Waals surface area (Å²) in [6.45, 7) is 0.513. The fourth-order valence-corrected chi connectivity index (χ4v) is 3.19. The fraction of sp³-hybridized carbons (Fsp3) is 0.250. The van der Waals surface area contributed by atoms with E-state index in [4.69, 9.17) is 11.6 Å². The Labute approximate surface area is 138 Å². The molecular formula is C16H16ClN3OS. The molecule has 2 heterocycles. The molecule has 4 nitrogen and oxygen atoms in total. The summed E-state index contributed by atoms with van der Waals surface area (Å²) >= 11 is 7.68. The SMILES string of the molecule is OCCn1nc(Cc2cccc(Cl)c2)nc1Cc1ccsc1. The molecule has 0 atom stereocenters. The van der Waals surface area contributed by atoms with Crippen LogP contribution in [-0.4, -0.2) is 26.5 Å². The average molecular weight is 334 g/mol. The van der Waals surface area contributed by atoms with Crippen molar-refractivity contribution in [1.82, 2.24) is 14.8 Å². The van der Waals surface area contributed by atoms with Crippen LogP contribution in [0.1, 0.15) is 22.8 Å². The molecule has 0 radical (unpaired) electrons. The third-order valence-electron chi connectivity index (χ3n) is 3.30. The summed E-state index contributed by atoms with van der Waals surface area (Å²) in [5, 5.41) is 18.6. The van der Waals surface area contributed by atoms with Gasteiger partial charge in [0.1, 0.15) is 5.82 Å². The Kier molecular flexibility index (Phi) is 4.87. The van der Waals surface area contributed by atoms with E-state index in [0.717, 1.165) is 23.6 Å². The topological polar surface area (TPSA) is 50.9 Å². The number of rotatable bonds is 6. The normalized spacial score (nSPS) is 11.0. The maximum atomic E-state index is 9.20. The van der Waals surface area contributed by atoms with E-state index in [0.29, 0.717) is 18.0 Å². The number of hydrogen-bond donors (Lipinski definition) is 1. The Morgan fingerprint density at radius 1 is 1.18 bits per heavy atom. The Balaban J connectivity index is 1.82. The van der Waals surface area contributed by atoms with E-state index in [1.54, 1.807) is 16.0 Å². The van der Waals surface area contributed by atoms with Crippen molar-refractivity contribution in [3.8, 4) is 0 Å². The molecule has 2 aromatic heterocycles. The highest BCUT2D eigenvalue weighted by atomic mass is 35.5. The maximum Gasteiger partial charge on any atom is 0.155 e. The first-order valence-electron chi connectivity index (χ1n) is 7.03. The largest absolute Gasteiger partial charge is 0.394 e. The van der Waals surface area contributed by atoms with Gasteiger partial charge in [-0.3, -0.25) is 0 Å². The van der Waals surface area contributed by atoms with Crippen molar-refractivity contribution < 1.29 is 5.11 Å². The van der Waals surface area contributed by atoms with E-state index in [2.05, 4.69) is 26.9 Å². The maximum absolute atomic E-state index is 9.20. The van der Waals surface area contributed by atoms with Crippen molar-refractivity contribution in [2.75, 3.05) is 6.61 Å². The molecule has 0 aliphatic heterocycles. The second kappa shape index (κ2) is 7.05. The minimum atomic E-state index is 0.0522. The van der Waals surface area contributed by atoms with E-state index in [-0.39, 0.29) is 6.61 Å². The molecule has 0 bridgehead atoms. The molecule has 22 heavy (non-hydrogen) atoms. The average Bonchev–Trinajstić information content (AvgIpc) is 3.11. The molecule has 0 fully saturated rings. The number of aromatic nitrogens is 3. The number of aliphatic hydroxyl groups is 1. The van der Waals surface area contributed by atoms with Gasteiger partial charge in [-0.15, -0.1) is 0 Å². The highest BCUT2D eigenvalue weighted by molar-refractivity contribution is 7.07. The summed E-state index contributed by atoms with van der Waals surface area (Å²) in [5.74, 6) is 1.63. The van der Waals surface area contributed by atoms with E-state index in [9.17, 15) is 5.11 Å². The molecule has 1 N–H and O–H groups in total. The number of halogens is 1. The summed E-state index contributed by atoms with van der Waals surface area (Å²) in [4.78, 5) is 4.63. The second-order valence-corrected chi connectivity index (χ2v) is 6.22. The molecule has 114 valence electrons. The summed E-state index contributed by atoms with van der Waals surface area (Å²) in [5.41, 5.74) is 2.29. The Hall–Kier alpha value is -1.69. The number of thiophene rings is 1. The first-order valence-corrected chi connectivity index (χ1v) is 8.35. The van der Waals surface area contributed by atoms with Gasteiger partial charge in [-0.25, -0.2) is 9.67 Å². The third-order valence-corrected chi connectivity index (χ3v) is 4.26. The molecule has 0 unspecified atom stereocenters. The molecule has 0 saturated heterocycles. The van der Waals surface area contributed by atoms with E-state index in [1.807, 2.05) is 24.3 Å². The van der Waals surface area contributed by atoms with Crippen molar-refractivity contribution in [1.29, 1.82) is 0 Å². The molecule has 0 aliphatic rings. The smallest absolute Gasteiger partial charge is 0.155 e. The van der Waals surface area contributed by atoms with Gasteiger partial charge in [0.05, 0.1) is 13.2 Å². The van der Waals surface area contributed by atoms with Crippen molar-refractivity contribution >= 4 is 22.9 Å². The van der Waals surface area contributed by atoms with Crippen LogP contribution in [0.2, 0.25) is 5.02 Å². The van der Waals surface area contributed by atoms with Gasteiger partial charge in [0.2, 0.25) is 0 Å². The zero-order chi connectivity index (χ0) is 15.4. The summed E-state index contributed by atoms with van der Waals surface area (Å²) < 4.78 is 1.79. The number of nitrogens with zero attached hydrogens (tertiary/aromatic N) is 3. The molecule has 3 rings (SSSR count). The Morgan fingerprint density at radius 2 is 2.09 bits per heavy atom. The van der Waals surface area contributed by atoms with Gasteiger partial charge >= 0.3 is 0 Å². The van der Waals surface area contributed by atoms with Crippen LogP contribution in [0.3, 0.4) is 0 Å². The molecule has 3 aromatic rings. The van der Waals surface area contributed by atoms with Crippen molar-refractivity contribution in [3.63, 3.8) is 0 Å². The minimum absolute atomic E-state index is 0.0522. The number of hydrogen-bond acceptors (Lipinski definition) is 4. The van der Waals surface area contributed by atoms with Gasteiger partial charge in [-0.05, 0) is 40.1 Å². The first-order chi connectivity index (χ1) is 10.7. The number of benzene rings is 1. The molecule has 0 saturated carbocycles. The van der Waals surface area contributed by atoms with Crippen molar-refractivity contribution in [3.05, 3.63) is 68.9 Å². The standard InChI is InChI=1S/C16H16ClN3OS/c17-14-3-1-2-12(8-14)9-15-18-16(20(19-15)5-6-21)10-13-4-7-22-11-13/h1-4,7-8,11,21H,5-6,9-10H2. The summed E-state index contributed by atoms with van der Waals surface area (Å²) in [7, 11) is 0. The molecular weight excluding hydrogens is 318 g/mol. The van der Waals surface area contributed by atoms with Crippen LogP contribution >= 0.6 is 22.9 Å². The van der Waals surface area contributed by atoms with E-state index < -0.39 is 0 Å². The lowest BCUT2D eigenvalue weighted by molar-refractivity contribution is 0.267.